The molecule has 0 saturated heterocycles. The van der Waals surface area contributed by atoms with Gasteiger partial charge in [-0.1, -0.05) is 31.2 Å². The first-order valence-corrected chi connectivity index (χ1v) is 7.48. The highest BCUT2D eigenvalue weighted by atomic mass is 16.5. The van der Waals surface area contributed by atoms with Crippen LogP contribution in [-0.2, 0) is 17.7 Å². The molecular formula is C18H21NO3. The van der Waals surface area contributed by atoms with Crippen LogP contribution in [0.1, 0.15) is 29.3 Å². The number of aldehydes is 1. The van der Waals surface area contributed by atoms with Crippen molar-refractivity contribution in [1.82, 2.24) is 4.57 Å². The first-order chi connectivity index (χ1) is 10.7. The molecule has 0 spiro atoms. The molecule has 0 aliphatic carbocycles. The van der Waals surface area contributed by atoms with E-state index >= 15 is 0 Å². The lowest BCUT2D eigenvalue weighted by Crippen LogP contribution is -2.25. The van der Waals surface area contributed by atoms with Gasteiger partial charge in [0.1, 0.15) is 0 Å². The highest BCUT2D eigenvalue weighted by molar-refractivity contribution is 5.75. The van der Waals surface area contributed by atoms with Gasteiger partial charge in [0.15, 0.2) is 6.29 Å². The third-order valence-corrected chi connectivity index (χ3v) is 3.72. The lowest BCUT2D eigenvalue weighted by atomic mass is 10.1. The number of ether oxygens (including phenoxy) is 1. The summed E-state index contributed by atoms with van der Waals surface area (Å²) in [6.07, 6.45) is 2.31. The molecular weight excluding hydrogens is 278 g/mol. The van der Waals surface area contributed by atoms with Gasteiger partial charge in [0, 0.05) is 20.3 Å². The molecule has 1 aromatic carbocycles. The van der Waals surface area contributed by atoms with Crippen LogP contribution < -0.4 is 5.56 Å². The van der Waals surface area contributed by atoms with Crippen molar-refractivity contribution in [1.29, 1.82) is 0 Å². The molecule has 22 heavy (non-hydrogen) atoms. The monoisotopic (exact) mass is 299 g/mol. The summed E-state index contributed by atoms with van der Waals surface area (Å²) in [5, 5.41) is 0. The van der Waals surface area contributed by atoms with Gasteiger partial charge in [0.05, 0.1) is 11.3 Å². The number of hydrogen-bond donors (Lipinski definition) is 0. The number of carbonyl (C=O) groups is 1. The zero-order chi connectivity index (χ0) is 15.9. The summed E-state index contributed by atoms with van der Waals surface area (Å²) in [5.41, 5.74) is 2.99. The van der Waals surface area contributed by atoms with Crippen molar-refractivity contribution >= 4 is 6.29 Å². The smallest absolute Gasteiger partial charge is 0.261 e. The van der Waals surface area contributed by atoms with E-state index in [1.54, 1.807) is 17.7 Å². The van der Waals surface area contributed by atoms with E-state index in [0.29, 0.717) is 19.4 Å². The van der Waals surface area contributed by atoms with E-state index in [4.69, 9.17) is 4.74 Å². The van der Waals surface area contributed by atoms with Gasteiger partial charge in [0.25, 0.3) is 5.56 Å². The summed E-state index contributed by atoms with van der Waals surface area (Å²) >= 11 is 0. The van der Waals surface area contributed by atoms with Gasteiger partial charge in [-0.3, -0.25) is 9.59 Å². The first kappa shape index (κ1) is 16.2. The number of benzene rings is 1. The van der Waals surface area contributed by atoms with Crippen LogP contribution in [0, 0.1) is 0 Å². The average molecular weight is 299 g/mol. The summed E-state index contributed by atoms with van der Waals surface area (Å²) in [4.78, 5) is 23.4. The maximum atomic E-state index is 12.4. The Labute approximate surface area is 130 Å². The molecule has 1 aromatic heterocycles. The van der Waals surface area contributed by atoms with Crippen molar-refractivity contribution in [2.75, 3.05) is 13.7 Å². The van der Waals surface area contributed by atoms with Crippen molar-refractivity contribution in [2.45, 2.75) is 26.3 Å². The highest BCUT2D eigenvalue weighted by Gasteiger charge is 2.10. The molecule has 0 N–H and O–H groups in total. The van der Waals surface area contributed by atoms with Crippen LogP contribution in [0.2, 0.25) is 0 Å². The minimum absolute atomic E-state index is 0.186. The molecule has 2 aromatic rings. The molecule has 4 heteroatoms. The van der Waals surface area contributed by atoms with Crippen LogP contribution in [0.5, 0.6) is 0 Å². The van der Waals surface area contributed by atoms with E-state index in [1.807, 2.05) is 18.2 Å². The van der Waals surface area contributed by atoms with Crippen LogP contribution >= 0.6 is 0 Å². The van der Waals surface area contributed by atoms with Gasteiger partial charge in [-0.15, -0.1) is 0 Å². The first-order valence-electron chi connectivity index (χ1n) is 7.48. The topological polar surface area (TPSA) is 48.3 Å². The van der Waals surface area contributed by atoms with Crippen molar-refractivity contribution in [3.05, 3.63) is 57.9 Å². The molecule has 0 fully saturated rings. The van der Waals surface area contributed by atoms with Crippen molar-refractivity contribution < 1.29 is 9.53 Å². The fourth-order valence-electron chi connectivity index (χ4n) is 2.44. The van der Waals surface area contributed by atoms with Crippen molar-refractivity contribution in [3.63, 3.8) is 0 Å². The summed E-state index contributed by atoms with van der Waals surface area (Å²) in [6.45, 7) is 3.21. The van der Waals surface area contributed by atoms with E-state index < -0.39 is 0 Å². The summed E-state index contributed by atoms with van der Waals surface area (Å²) in [5.74, 6) is 0. The highest BCUT2D eigenvalue weighted by Crippen LogP contribution is 2.19. The Morgan fingerprint density at radius 2 is 1.86 bits per heavy atom. The Hall–Kier alpha value is -2.20. The average Bonchev–Trinajstić information content (AvgIpc) is 2.56. The van der Waals surface area contributed by atoms with Crippen LogP contribution in [0.4, 0.5) is 0 Å². The van der Waals surface area contributed by atoms with E-state index in [-0.39, 0.29) is 11.1 Å². The minimum Gasteiger partial charge on any atom is -0.385 e. The van der Waals surface area contributed by atoms with E-state index in [2.05, 4.69) is 19.1 Å². The van der Waals surface area contributed by atoms with Crippen LogP contribution in [0.3, 0.4) is 0 Å². The number of methoxy groups -OCH3 is 1. The SMILES string of the molecule is CCc1ccc(-c2ccc(C=O)c(=O)n2CCCOC)cc1. The molecule has 0 saturated carbocycles. The fourth-order valence-corrected chi connectivity index (χ4v) is 2.44. The Morgan fingerprint density at radius 3 is 2.45 bits per heavy atom. The Morgan fingerprint density at radius 1 is 1.14 bits per heavy atom. The normalized spacial score (nSPS) is 10.6. The third kappa shape index (κ3) is 3.52. The van der Waals surface area contributed by atoms with E-state index in [0.717, 1.165) is 24.1 Å². The molecule has 116 valence electrons. The quantitative estimate of drug-likeness (QED) is 0.583. The fraction of sp³-hybridized carbons (Fsp3) is 0.333. The summed E-state index contributed by atoms with van der Waals surface area (Å²) < 4.78 is 6.71. The zero-order valence-electron chi connectivity index (χ0n) is 13.0. The van der Waals surface area contributed by atoms with E-state index in [1.165, 1.54) is 5.56 Å². The predicted octanol–water partition coefficient (Wildman–Crippen LogP) is 2.93. The number of pyridine rings is 1. The van der Waals surface area contributed by atoms with Crippen LogP contribution in [0.15, 0.2) is 41.2 Å². The number of nitrogens with zero attached hydrogens (tertiary/aromatic N) is 1. The standard InChI is InChI=1S/C18H21NO3/c1-3-14-5-7-15(8-6-14)17-10-9-16(13-20)18(21)19(17)11-4-12-22-2/h5-10,13H,3-4,11-12H2,1-2H3. The maximum Gasteiger partial charge on any atom is 0.261 e. The Kier molecular flexibility index (Phi) is 5.67. The largest absolute Gasteiger partial charge is 0.385 e. The minimum atomic E-state index is -0.247. The Bertz CT molecular complexity index is 686. The number of aromatic nitrogens is 1. The molecule has 0 aliphatic heterocycles. The second-order valence-electron chi connectivity index (χ2n) is 5.15. The number of aryl methyl sites for hydroxylation is 1. The molecule has 0 atom stereocenters. The second kappa shape index (κ2) is 7.71. The molecule has 0 bridgehead atoms. The van der Waals surface area contributed by atoms with Crippen molar-refractivity contribution in [3.8, 4) is 11.3 Å². The molecule has 0 radical (unpaired) electrons. The predicted molar refractivity (Wildman–Crippen MR) is 87.4 cm³/mol. The van der Waals surface area contributed by atoms with Gasteiger partial charge in [-0.25, -0.2) is 0 Å². The number of rotatable bonds is 7. The number of carbonyl (C=O) groups excluding carboxylic acids is 1. The van der Waals surface area contributed by atoms with Gasteiger partial charge < -0.3 is 9.30 Å². The van der Waals surface area contributed by atoms with Crippen molar-refractivity contribution in [2.24, 2.45) is 0 Å². The Balaban J connectivity index is 2.46. The third-order valence-electron chi connectivity index (χ3n) is 3.72. The molecule has 0 aliphatic rings. The number of hydrogen-bond acceptors (Lipinski definition) is 3. The lowest BCUT2D eigenvalue weighted by molar-refractivity contribution is 0.112. The lowest BCUT2D eigenvalue weighted by Gasteiger charge is -2.14. The van der Waals surface area contributed by atoms with Gasteiger partial charge in [0.2, 0.25) is 0 Å². The maximum absolute atomic E-state index is 12.4. The van der Waals surface area contributed by atoms with Gasteiger partial charge in [-0.05, 0) is 36.1 Å². The molecule has 0 unspecified atom stereocenters. The molecule has 0 amide bonds. The van der Waals surface area contributed by atoms with Gasteiger partial charge in [-0.2, -0.15) is 0 Å². The molecule has 1 heterocycles. The zero-order valence-corrected chi connectivity index (χ0v) is 13.0. The summed E-state index contributed by atoms with van der Waals surface area (Å²) in [7, 11) is 1.63. The second-order valence-corrected chi connectivity index (χ2v) is 5.15. The molecule has 4 nitrogen and oxygen atoms in total. The summed E-state index contributed by atoms with van der Waals surface area (Å²) in [6, 6.07) is 11.6. The van der Waals surface area contributed by atoms with E-state index in [9.17, 15) is 9.59 Å². The molecule has 2 rings (SSSR count). The van der Waals surface area contributed by atoms with Crippen LogP contribution in [-0.4, -0.2) is 24.6 Å². The van der Waals surface area contributed by atoms with Gasteiger partial charge >= 0.3 is 0 Å². The van der Waals surface area contributed by atoms with Crippen LogP contribution in [0.25, 0.3) is 11.3 Å².